The van der Waals surface area contributed by atoms with Gasteiger partial charge in [0, 0.05) is 120 Å². The van der Waals surface area contributed by atoms with E-state index in [2.05, 4.69) is 50.2 Å². The first-order valence-corrected chi connectivity index (χ1v) is 25.9. The molecule has 75 heavy (non-hydrogen) atoms. The highest BCUT2D eigenvalue weighted by atomic mass is 16.5. The predicted molar refractivity (Wildman–Crippen MR) is 280 cm³/mol. The third-order valence-corrected chi connectivity index (χ3v) is 15.0. The van der Waals surface area contributed by atoms with Crippen LogP contribution in [-0.4, -0.2) is 176 Å². The number of aliphatic hydroxyl groups excluding tert-OH is 1. The SMILES string of the molecule is Cc1nccn1-c1ccc([C@H](C)NC(=O)[C@@H]2C[C@@H](O)CN2C(=O)[C@@H](c2cc(OCCN3CCN(CCOc4cc(N5CCN(c6cc(-c7ccccc7O)nnc6N)CC56COC6)ccn4)CC3)no2)C(C)C)cc1. The molecule has 8 heterocycles. The van der Waals surface area contributed by atoms with Crippen molar-refractivity contribution in [2.24, 2.45) is 5.92 Å². The number of aliphatic hydroxyl groups is 1. The normalized spacial score (nSPS) is 19.8. The number of para-hydroxylation sites is 1. The molecule has 21 nitrogen and oxygen atoms in total. The van der Waals surface area contributed by atoms with Gasteiger partial charge in [-0.25, -0.2) is 9.97 Å². The second-order valence-electron chi connectivity index (χ2n) is 20.4. The fourth-order valence-corrected chi connectivity index (χ4v) is 10.8. The van der Waals surface area contributed by atoms with Gasteiger partial charge in [0.25, 0.3) is 5.88 Å². The van der Waals surface area contributed by atoms with Crippen LogP contribution < -0.4 is 30.3 Å². The minimum Gasteiger partial charge on any atom is -0.507 e. The van der Waals surface area contributed by atoms with Crippen LogP contribution in [0.1, 0.15) is 56.3 Å². The fraction of sp³-hybridized carbons (Fsp3) is 0.463. The van der Waals surface area contributed by atoms with Gasteiger partial charge in [-0.05, 0) is 66.9 Å². The van der Waals surface area contributed by atoms with Crippen LogP contribution in [-0.2, 0) is 14.3 Å². The van der Waals surface area contributed by atoms with Crippen LogP contribution in [0.4, 0.5) is 17.2 Å². The number of piperazine rings is 2. The summed E-state index contributed by atoms with van der Waals surface area (Å²) >= 11 is 0. The molecule has 0 aliphatic carbocycles. The Morgan fingerprint density at radius 3 is 2.28 bits per heavy atom. The van der Waals surface area contributed by atoms with Gasteiger partial charge in [-0.1, -0.05) is 38.1 Å². The second-order valence-corrected chi connectivity index (χ2v) is 20.4. The summed E-state index contributed by atoms with van der Waals surface area (Å²) in [4.78, 5) is 47.6. The second kappa shape index (κ2) is 22.3. The van der Waals surface area contributed by atoms with E-state index in [1.807, 2.05) is 93.1 Å². The van der Waals surface area contributed by atoms with E-state index >= 15 is 0 Å². The molecule has 0 saturated carbocycles. The van der Waals surface area contributed by atoms with E-state index in [9.17, 15) is 19.8 Å². The lowest BCUT2D eigenvalue weighted by Crippen LogP contribution is -2.72. The van der Waals surface area contributed by atoms with Gasteiger partial charge in [0.05, 0.1) is 36.7 Å². The van der Waals surface area contributed by atoms with Crippen LogP contribution in [0.25, 0.3) is 16.9 Å². The van der Waals surface area contributed by atoms with Crippen molar-refractivity contribution in [3.8, 4) is 34.5 Å². The largest absolute Gasteiger partial charge is 0.507 e. The van der Waals surface area contributed by atoms with E-state index in [-0.39, 0.29) is 48.0 Å². The summed E-state index contributed by atoms with van der Waals surface area (Å²) in [7, 11) is 0. The summed E-state index contributed by atoms with van der Waals surface area (Å²) < 4.78 is 25.8. The number of amides is 2. The van der Waals surface area contributed by atoms with Crippen LogP contribution in [0.5, 0.6) is 17.5 Å². The lowest BCUT2D eigenvalue weighted by Gasteiger charge is -2.56. The Hall–Kier alpha value is -7.33. The average Bonchev–Trinajstić information content (AvgIpc) is 4.16. The van der Waals surface area contributed by atoms with E-state index in [4.69, 9.17) is 24.5 Å². The number of nitrogens with one attached hydrogen (secondary N) is 1. The molecule has 0 radical (unpaired) electrons. The number of phenols is 1. The number of nitrogens with two attached hydrogens (primary N) is 1. The number of hydrogen-bond donors (Lipinski definition) is 4. The molecule has 10 rings (SSSR count). The Morgan fingerprint density at radius 1 is 0.867 bits per heavy atom. The van der Waals surface area contributed by atoms with Crippen molar-refractivity contribution in [3.63, 3.8) is 0 Å². The number of rotatable bonds is 18. The molecule has 0 unspecified atom stereocenters. The number of aromatic hydroxyl groups is 1. The number of imidazole rings is 1. The number of nitrogen functional groups attached to an aromatic ring is 1. The van der Waals surface area contributed by atoms with Crippen LogP contribution in [0, 0.1) is 12.8 Å². The Morgan fingerprint density at radius 2 is 1.60 bits per heavy atom. The maximum atomic E-state index is 14.2. The molecule has 21 heteroatoms. The number of aryl methyl sites for hydroxylation is 1. The summed E-state index contributed by atoms with van der Waals surface area (Å²) in [6, 6.07) is 21.4. The zero-order chi connectivity index (χ0) is 52.2. The minimum absolute atomic E-state index is 0.0443. The van der Waals surface area contributed by atoms with Gasteiger partial charge in [-0.3, -0.25) is 19.4 Å². The third-order valence-electron chi connectivity index (χ3n) is 15.0. The van der Waals surface area contributed by atoms with Gasteiger partial charge in [-0.2, -0.15) is 0 Å². The molecular formula is C54H67N13O8. The Bertz CT molecular complexity index is 2920. The fourth-order valence-electron chi connectivity index (χ4n) is 10.8. The van der Waals surface area contributed by atoms with E-state index < -0.39 is 18.1 Å². The van der Waals surface area contributed by atoms with Crippen molar-refractivity contribution in [3.05, 3.63) is 109 Å². The van der Waals surface area contributed by atoms with Crippen LogP contribution in [0.2, 0.25) is 0 Å². The molecule has 6 aromatic rings. The van der Waals surface area contributed by atoms with Crippen molar-refractivity contribution in [2.75, 3.05) is 107 Å². The number of ether oxygens (including phenoxy) is 3. The molecule has 0 bridgehead atoms. The number of carbonyl (C=O) groups excluding carboxylic acids is 2. The van der Waals surface area contributed by atoms with Gasteiger partial charge in [0.1, 0.15) is 42.3 Å². The zero-order valence-corrected chi connectivity index (χ0v) is 43.0. The van der Waals surface area contributed by atoms with Gasteiger partial charge in [-0.15, -0.1) is 10.2 Å². The minimum atomic E-state index is -0.840. The van der Waals surface area contributed by atoms with Crippen molar-refractivity contribution in [1.29, 1.82) is 0 Å². The lowest BCUT2D eigenvalue weighted by atomic mass is 9.90. The van der Waals surface area contributed by atoms with Crippen molar-refractivity contribution in [2.45, 2.75) is 63.8 Å². The number of hydrogen-bond acceptors (Lipinski definition) is 18. The predicted octanol–water partition coefficient (Wildman–Crippen LogP) is 4.06. The Labute approximate surface area is 436 Å². The van der Waals surface area contributed by atoms with E-state index in [1.54, 1.807) is 30.6 Å². The zero-order valence-electron chi connectivity index (χ0n) is 43.0. The highest BCUT2D eigenvalue weighted by Gasteiger charge is 2.49. The smallest absolute Gasteiger partial charge is 0.254 e. The number of nitrogens with zero attached hydrogens (tertiary/aromatic N) is 11. The highest BCUT2D eigenvalue weighted by Crippen LogP contribution is 2.39. The molecule has 4 aliphatic rings. The highest BCUT2D eigenvalue weighted by molar-refractivity contribution is 5.91. The number of aromatic nitrogens is 6. The number of anilines is 3. The van der Waals surface area contributed by atoms with E-state index in [1.165, 1.54) is 4.90 Å². The number of likely N-dealkylation sites (tertiary alicyclic amines) is 1. The van der Waals surface area contributed by atoms with Gasteiger partial charge in [0.15, 0.2) is 11.6 Å². The average molecular weight is 1030 g/mol. The number of carbonyl (C=O) groups is 2. The van der Waals surface area contributed by atoms with Crippen molar-refractivity contribution in [1.82, 2.24) is 49.9 Å². The molecule has 1 spiro atoms. The van der Waals surface area contributed by atoms with Crippen LogP contribution in [0.3, 0.4) is 0 Å². The maximum absolute atomic E-state index is 14.2. The molecule has 2 amide bonds. The van der Waals surface area contributed by atoms with E-state index in [0.29, 0.717) is 80.7 Å². The van der Waals surface area contributed by atoms with Crippen LogP contribution >= 0.6 is 0 Å². The Balaban J connectivity index is 0.661. The first-order valence-electron chi connectivity index (χ1n) is 25.9. The first kappa shape index (κ1) is 51.2. The summed E-state index contributed by atoms with van der Waals surface area (Å²) in [6.45, 7) is 16.8. The van der Waals surface area contributed by atoms with Crippen LogP contribution in [0.15, 0.2) is 95.9 Å². The monoisotopic (exact) mass is 1030 g/mol. The maximum Gasteiger partial charge on any atom is 0.254 e. The van der Waals surface area contributed by atoms with E-state index in [0.717, 1.165) is 67.7 Å². The number of pyridine rings is 1. The molecular weight excluding hydrogens is 959 g/mol. The van der Waals surface area contributed by atoms with Gasteiger partial charge >= 0.3 is 0 Å². The standard InChI is InChI=1S/C54H67N13O8/c1-35(2)50(53(71)66-31-41(68)28-45(66)52(70)58-36(3)38-9-11-39(12-10-38)65-16-15-56-37(65)4)47-30-49(61-75-47)74-26-24-63-19-17-62(18-20-63)23-25-73-48-27-40(13-14-57-48)67-22-21-64(32-54(67)33-72-34-54)44-29-43(59-60-51(44)55)42-7-5-6-8-46(42)69/h5-16,27,29-30,35-36,41,45,50,68-69H,17-26,28,31-34H2,1-4H3,(H2,55,60)(H,58,70)/t36-,41+,45-,50+/m0/s1. The number of benzene rings is 2. The lowest BCUT2D eigenvalue weighted by molar-refractivity contribution is -0.141. The quantitative estimate of drug-likeness (QED) is 0.0950. The Kier molecular flexibility index (Phi) is 15.2. The molecule has 4 saturated heterocycles. The molecule has 4 aromatic heterocycles. The molecule has 396 valence electrons. The molecule has 2 aromatic carbocycles. The number of β-amino-alcohol motifs (C(OH)–C–C–N with tert-alkyl or cyclic N) is 1. The van der Waals surface area contributed by atoms with Gasteiger partial charge < -0.3 is 59.3 Å². The van der Waals surface area contributed by atoms with Gasteiger partial charge in [0.2, 0.25) is 17.7 Å². The first-order chi connectivity index (χ1) is 36.3. The summed E-state index contributed by atoms with van der Waals surface area (Å²) in [5, 5.41) is 36.9. The molecule has 4 atom stereocenters. The summed E-state index contributed by atoms with van der Waals surface area (Å²) in [6.07, 6.45) is 4.75. The topological polar surface area (TPSA) is 239 Å². The molecule has 4 fully saturated rings. The molecule has 4 aliphatic heterocycles. The molecule has 5 N–H and O–H groups in total. The van der Waals surface area contributed by atoms with Crippen molar-refractivity contribution >= 4 is 29.0 Å². The third kappa shape index (κ3) is 11.2. The van der Waals surface area contributed by atoms with Crippen molar-refractivity contribution < 1.29 is 38.5 Å². The summed E-state index contributed by atoms with van der Waals surface area (Å²) in [5.41, 5.74) is 10.9. The number of phenolic OH excluding ortho intramolecular Hbond substituents is 1. The summed E-state index contributed by atoms with van der Waals surface area (Å²) in [5.74, 6) is 1.02.